The summed E-state index contributed by atoms with van der Waals surface area (Å²) in [6, 6.07) is 12.6. The molecule has 4 heteroatoms. The van der Waals surface area contributed by atoms with Crippen LogP contribution in [0.4, 0.5) is 5.13 Å². The first-order chi connectivity index (χ1) is 10.2. The quantitative estimate of drug-likeness (QED) is 0.771. The molecule has 0 aliphatic rings. The molecule has 21 heavy (non-hydrogen) atoms. The fourth-order valence-electron chi connectivity index (χ4n) is 2.30. The zero-order chi connectivity index (χ0) is 14.8. The minimum atomic E-state index is 0.927. The summed E-state index contributed by atoms with van der Waals surface area (Å²) in [4.78, 5) is 10.2. The first-order valence-corrected chi connectivity index (χ1v) is 7.67. The van der Waals surface area contributed by atoms with Crippen molar-refractivity contribution in [1.82, 2.24) is 9.97 Å². The number of pyridine rings is 1. The molecule has 0 bridgehead atoms. The Hall–Kier alpha value is -2.20. The second-order valence-corrected chi connectivity index (χ2v) is 6.00. The highest BCUT2D eigenvalue weighted by atomic mass is 32.1. The molecule has 0 aliphatic heterocycles. The van der Waals surface area contributed by atoms with Gasteiger partial charge in [-0.05, 0) is 37.6 Å². The Morgan fingerprint density at radius 1 is 1.05 bits per heavy atom. The minimum absolute atomic E-state index is 0.927. The molecular weight excluding hydrogens is 278 g/mol. The molecule has 1 aromatic carbocycles. The molecule has 0 atom stereocenters. The van der Waals surface area contributed by atoms with E-state index < -0.39 is 0 Å². The highest BCUT2D eigenvalue weighted by molar-refractivity contribution is 7.19. The van der Waals surface area contributed by atoms with Gasteiger partial charge in [0, 0.05) is 24.5 Å². The second kappa shape index (κ2) is 5.66. The molecule has 0 saturated carbocycles. The number of hydrogen-bond donors (Lipinski definition) is 1. The first kappa shape index (κ1) is 13.8. The Bertz CT molecular complexity index is 714. The highest BCUT2D eigenvalue weighted by Crippen LogP contribution is 2.39. The van der Waals surface area contributed by atoms with Crippen molar-refractivity contribution in [3.8, 4) is 21.7 Å². The minimum Gasteiger partial charge on any atom is -0.365 e. The molecule has 0 unspecified atom stereocenters. The summed E-state index contributed by atoms with van der Waals surface area (Å²) in [5.74, 6) is 0. The second-order valence-electron chi connectivity index (χ2n) is 5.00. The third-order valence-corrected chi connectivity index (χ3v) is 4.41. The maximum atomic E-state index is 4.73. The van der Waals surface area contributed by atoms with E-state index in [1.807, 2.05) is 26.2 Å². The van der Waals surface area contributed by atoms with Gasteiger partial charge in [-0.25, -0.2) is 4.98 Å². The van der Waals surface area contributed by atoms with Crippen LogP contribution in [0.2, 0.25) is 0 Å². The van der Waals surface area contributed by atoms with Crippen LogP contribution in [0.3, 0.4) is 0 Å². The summed E-state index contributed by atoms with van der Waals surface area (Å²) in [6.45, 7) is 4.11. The molecule has 3 rings (SSSR count). The maximum absolute atomic E-state index is 4.73. The topological polar surface area (TPSA) is 37.8 Å². The Morgan fingerprint density at radius 2 is 1.90 bits per heavy atom. The number of aromatic nitrogens is 2. The van der Waals surface area contributed by atoms with Crippen molar-refractivity contribution < 1.29 is 0 Å². The Kier molecular flexibility index (Phi) is 3.71. The standard InChI is InChI=1S/C17H17N3S/c1-11-5-4-6-13(9-11)15-16(21-17(18-3)20-15)14-7-8-19-12(2)10-14/h4-10H,1-3H3,(H,18,20). The largest absolute Gasteiger partial charge is 0.365 e. The summed E-state index contributed by atoms with van der Waals surface area (Å²) in [6.07, 6.45) is 1.85. The SMILES string of the molecule is CNc1nc(-c2cccc(C)c2)c(-c2ccnc(C)c2)s1. The molecule has 0 aliphatic carbocycles. The van der Waals surface area contributed by atoms with Gasteiger partial charge in [0.25, 0.3) is 0 Å². The van der Waals surface area contributed by atoms with E-state index in [1.165, 1.54) is 10.4 Å². The van der Waals surface area contributed by atoms with Crippen molar-refractivity contribution in [2.45, 2.75) is 13.8 Å². The van der Waals surface area contributed by atoms with Gasteiger partial charge in [-0.15, -0.1) is 0 Å². The van der Waals surface area contributed by atoms with Gasteiger partial charge in [0.05, 0.1) is 10.6 Å². The van der Waals surface area contributed by atoms with E-state index in [4.69, 9.17) is 4.98 Å². The van der Waals surface area contributed by atoms with E-state index in [9.17, 15) is 0 Å². The van der Waals surface area contributed by atoms with Crippen molar-refractivity contribution in [3.05, 3.63) is 53.9 Å². The van der Waals surface area contributed by atoms with E-state index in [1.54, 1.807) is 11.3 Å². The zero-order valence-electron chi connectivity index (χ0n) is 12.3. The highest BCUT2D eigenvalue weighted by Gasteiger charge is 2.14. The molecule has 2 heterocycles. The Balaban J connectivity index is 2.18. The zero-order valence-corrected chi connectivity index (χ0v) is 13.2. The van der Waals surface area contributed by atoms with Gasteiger partial charge in [0.15, 0.2) is 5.13 Å². The fraction of sp³-hybridized carbons (Fsp3) is 0.176. The smallest absolute Gasteiger partial charge is 0.183 e. The average Bonchev–Trinajstić information content (AvgIpc) is 2.91. The Labute approximate surface area is 128 Å². The van der Waals surface area contributed by atoms with Gasteiger partial charge in [-0.1, -0.05) is 35.1 Å². The van der Waals surface area contributed by atoms with Crippen molar-refractivity contribution >= 4 is 16.5 Å². The van der Waals surface area contributed by atoms with Crippen LogP contribution < -0.4 is 5.32 Å². The first-order valence-electron chi connectivity index (χ1n) is 6.86. The molecule has 0 spiro atoms. The van der Waals surface area contributed by atoms with Crippen LogP contribution in [0.5, 0.6) is 0 Å². The summed E-state index contributed by atoms with van der Waals surface area (Å²) in [5, 5.41) is 4.08. The molecular formula is C17H17N3S. The molecule has 0 fully saturated rings. The van der Waals surface area contributed by atoms with Gasteiger partial charge in [-0.2, -0.15) is 0 Å². The van der Waals surface area contributed by atoms with Crippen LogP contribution in [0.1, 0.15) is 11.3 Å². The average molecular weight is 295 g/mol. The van der Waals surface area contributed by atoms with E-state index in [0.29, 0.717) is 0 Å². The third-order valence-electron chi connectivity index (χ3n) is 3.29. The van der Waals surface area contributed by atoms with Gasteiger partial charge in [0.1, 0.15) is 0 Å². The van der Waals surface area contributed by atoms with Crippen molar-refractivity contribution in [3.63, 3.8) is 0 Å². The lowest BCUT2D eigenvalue weighted by molar-refractivity contribution is 1.20. The molecule has 0 saturated heterocycles. The molecule has 2 aromatic heterocycles. The molecule has 0 amide bonds. The van der Waals surface area contributed by atoms with Gasteiger partial charge in [0.2, 0.25) is 0 Å². The third kappa shape index (κ3) is 2.81. The molecule has 1 N–H and O–H groups in total. The van der Waals surface area contributed by atoms with Crippen LogP contribution in [0.15, 0.2) is 42.6 Å². The van der Waals surface area contributed by atoms with Gasteiger partial charge >= 0.3 is 0 Å². The number of anilines is 1. The van der Waals surface area contributed by atoms with Crippen LogP contribution >= 0.6 is 11.3 Å². The molecule has 106 valence electrons. The number of hydrogen-bond acceptors (Lipinski definition) is 4. The van der Waals surface area contributed by atoms with E-state index in [2.05, 4.69) is 47.6 Å². The lowest BCUT2D eigenvalue weighted by Crippen LogP contribution is -1.87. The van der Waals surface area contributed by atoms with Crippen LogP contribution in [0, 0.1) is 13.8 Å². The number of aryl methyl sites for hydroxylation is 2. The van der Waals surface area contributed by atoms with Crippen molar-refractivity contribution in [1.29, 1.82) is 0 Å². The Morgan fingerprint density at radius 3 is 2.62 bits per heavy atom. The van der Waals surface area contributed by atoms with Crippen molar-refractivity contribution in [2.24, 2.45) is 0 Å². The van der Waals surface area contributed by atoms with Crippen LogP contribution in [-0.4, -0.2) is 17.0 Å². The maximum Gasteiger partial charge on any atom is 0.183 e. The lowest BCUT2D eigenvalue weighted by atomic mass is 10.1. The van der Waals surface area contributed by atoms with E-state index >= 15 is 0 Å². The lowest BCUT2D eigenvalue weighted by Gasteiger charge is -2.04. The predicted molar refractivity (Wildman–Crippen MR) is 89.8 cm³/mol. The van der Waals surface area contributed by atoms with E-state index in [-0.39, 0.29) is 0 Å². The number of nitrogens with one attached hydrogen (secondary N) is 1. The number of benzene rings is 1. The number of rotatable bonds is 3. The predicted octanol–water partition coefficient (Wildman–Crippen LogP) is 4.53. The van der Waals surface area contributed by atoms with Gasteiger partial charge in [-0.3, -0.25) is 4.98 Å². The number of thiazole rings is 1. The summed E-state index contributed by atoms with van der Waals surface area (Å²) >= 11 is 1.67. The summed E-state index contributed by atoms with van der Waals surface area (Å²) in [7, 11) is 1.90. The monoisotopic (exact) mass is 295 g/mol. The summed E-state index contributed by atoms with van der Waals surface area (Å²) < 4.78 is 0. The molecule has 3 aromatic rings. The van der Waals surface area contributed by atoms with Crippen LogP contribution in [0.25, 0.3) is 21.7 Å². The molecule has 3 nitrogen and oxygen atoms in total. The van der Waals surface area contributed by atoms with Gasteiger partial charge < -0.3 is 5.32 Å². The molecule has 0 radical (unpaired) electrons. The van der Waals surface area contributed by atoms with Crippen molar-refractivity contribution in [2.75, 3.05) is 12.4 Å². The fourth-order valence-corrected chi connectivity index (χ4v) is 3.23. The van der Waals surface area contributed by atoms with E-state index in [0.717, 1.165) is 27.6 Å². The summed E-state index contributed by atoms with van der Waals surface area (Å²) in [5.41, 5.74) is 5.60. The number of nitrogens with zero attached hydrogens (tertiary/aromatic N) is 2. The normalized spacial score (nSPS) is 10.6. The van der Waals surface area contributed by atoms with Crippen LogP contribution in [-0.2, 0) is 0 Å².